The van der Waals surface area contributed by atoms with Crippen LogP contribution >= 0.6 is 0 Å². The van der Waals surface area contributed by atoms with Crippen molar-refractivity contribution in [2.24, 2.45) is 0 Å². The first kappa shape index (κ1) is 40.1. The Morgan fingerprint density at radius 3 is 1.27 bits per heavy atom. The number of aliphatic hydroxyl groups excluding tert-OH is 2. The lowest BCUT2D eigenvalue weighted by Gasteiger charge is -2.20. The molecule has 0 rings (SSSR count). The number of carbonyl (C=O) groups is 1. The second-order valence-corrected chi connectivity index (χ2v) is 12.7. The van der Waals surface area contributed by atoms with E-state index in [9.17, 15) is 15.0 Å². The van der Waals surface area contributed by atoms with Crippen molar-refractivity contribution >= 4 is 5.91 Å². The second kappa shape index (κ2) is 33.6. The molecule has 0 aromatic heterocycles. The van der Waals surface area contributed by atoms with E-state index in [1.807, 2.05) is 6.08 Å². The normalized spacial score (nSPS) is 13.2. The molecule has 0 aromatic carbocycles. The minimum atomic E-state index is -0.831. The van der Waals surface area contributed by atoms with Crippen LogP contribution in [0.5, 0.6) is 0 Å². The molecule has 0 aliphatic rings. The van der Waals surface area contributed by atoms with Gasteiger partial charge in [0.25, 0.3) is 0 Å². The van der Waals surface area contributed by atoms with Gasteiger partial charge < -0.3 is 15.5 Å². The summed E-state index contributed by atoms with van der Waals surface area (Å²) in [5, 5.41) is 22.9. The van der Waals surface area contributed by atoms with Crippen LogP contribution in [0.2, 0.25) is 0 Å². The fourth-order valence-electron chi connectivity index (χ4n) is 5.65. The lowest BCUT2D eigenvalue weighted by molar-refractivity contribution is -0.123. The van der Waals surface area contributed by atoms with Gasteiger partial charge in [0.05, 0.1) is 18.8 Å². The third kappa shape index (κ3) is 30.4. The van der Waals surface area contributed by atoms with Crippen LogP contribution in [-0.2, 0) is 4.79 Å². The van der Waals surface area contributed by atoms with Gasteiger partial charge in [-0.25, -0.2) is 0 Å². The molecular formula is C37H73NO3. The number of aliphatic hydroxyl groups is 2. The van der Waals surface area contributed by atoms with E-state index in [0.29, 0.717) is 6.42 Å². The van der Waals surface area contributed by atoms with Crippen LogP contribution in [0.3, 0.4) is 0 Å². The molecule has 41 heavy (non-hydrogen) atoms. The van der Waals surface area contributed by atoms with Crippen molar-refractivity contribution in [2.75, 3.05) is 6.61 Å². The van der Waals surface area contributed by atoms with Crippen molar-refractivity contribution in [1.29, 1.82) is 0 Å². The van der Waals surface area contributed by atoms with Crippen molar-refractivity contribution in [3.05, 3.63) is 12.2 Å². The predicted octanol–water partition coefficient (Wildman–Crippen LogP) is 10.7. The summed E-state index contributed by atoms with van der Waals surface area (Å²) in [6.07, 6.45) is 40.1. The van der Waals surface area contributed by atoms with Gasteiger partial charge in [0.2, 0.25) is 5.91 Å². The standard InChI is InChI=1S/C37H73NO3/c1-3-5-7-9-11-13-15-17-18-19-20-21-22-24-26-28-30-32-36(40)35(34-39)38-37(41)33-31-29-27-25-23-16-14-12-10-8-6-4-2/h30,32,35-36,39-40H,3-29,31,33-34H2,1-2H3,(H,38,41)/b32-30+. The smallest absolute Gasteiger partial charge is 0.220 e. The third-order valence-corrected chi connectivity index (χ3v) is 8.52. The molecule has 0 aliphatic heterocycles. The molecule has 0 radical (unpaired) electrons. The summed E-state index contributed by atoms with van der Waals surface area (Å²) in [6, 6.07) is -0.614. The van der Waals surface area contributed by atoms with Gasteiger partial charge in [-0.2, -0.15) is 0 Å². The fraction of sp³-hybridized carbons (Fsp3) is 0.919. The van der Waals surface area contributed by atoms with E-state index in [1.54, 1.807) is 6.08 Å². The lowest BCUT2D eigenvalue weighted by Crippen LogP contribution is -2.45. The summed E-state index contributed by atoms with van der Waals surface area (Å²) in [4.78, 5) is 12.3. The van der Waals surface area contributed by atoms with Crippen LogP contribution < -0.4 is 5.32 Å². The molecule has 0 fully saturated rings. The summed E-state index contributed by atoms with van der Waals surface area (Å²) in [7, 11) is 0. The van der Waals surface area contributed by atoms with E-state index in [4.69, 9.17) is 0 Å². The van der Waals surface area contributed by atoms with Crippen molar-refractivity contribution in [2.45, 2.75) is 212 Å². The summed E-state index contributed by atoms with van der Waals surface area (Å²) < 4.78 is 0. The Kier molecular flexibility index (Phi) is 32.9. The van der Waals surface area contributed by atoms with Gasteiger partial charge in [-0.15, -0.1) is 0 Å². The molecule has 1 amide bonds. The largest absolute Gasteiger partial charge is 0.394 e. The van der Waals surface area contributed by atoms with E-state index in [0.717, 1.165) is 25.7 Å². The quantitative estimate of drug-likeness (QED) is 0.0535. The third-order valence-electron chi connectivity index (χ3n) is 8.52. The van der Waals surface area contributed by atoms with Gasteiger partial charge >= 0.3 is 0 Å². The zero-order valence-corrected chi connectivity index (χ0v) is 27.8. The number of hydrogen-bond donors (Lipinski definition) is 3. The summed E-state index contributed by atoms with van der Waals surface area (Å²) in [6.45, 7) is 4.30. The average Bonchev–Trinajstić information content (AvgIpc) is 2.97. The first-order chi connectivity index (χ1) is 20.2. The lowest BCUT2D eigenvalue weighted by atomic mass is 10.0. The highest BCUT2D eigenvalue weighted by atomic mass is 16.3. The van der Waals surface area contributed by atoms with E-state index < -0.39 is 12.1 Å². The van der Waals surface area contributed by atoms with Gasteiger partial charge in [0.1, 0.15) is 0 Å². The number of carbonyl (C=O) groups excluding carboxylic acids is 1. The van der Waals surface area contributed by atoms with E-state index >= 15 is 0 Å². The fourth-order valence-corrected chi connectivity index (χ4v) is 5.65. The summed E-state index contributed by atoms with van der Waals surface area (Å²) >= 11 is 0. The zero-order chi connectivity index (χ0) is 30.1. The Hall–Kier alpha value is -0.870. The Bertz CT molecular complexity index is 550. The molecular weight excluding hydrogens is 506 g/mol. The molecule has 0 saturated heterocycles. The molecule has 0 heterocycles. The molecule has 0 saturated carbocycles. The minimum Gasteiger partial charge on any atom is -0.394 e. The van der Waals surface area contributed by atoms with Crippen LogP contribution in [0.15, 0.2) is 12.2 Å². The Morgan fingerprint density at radius 1 is 0.561 bits per heavy atom. The van der Waals surface area contributed by atoms with Gasteiger partial charge in [-0.1, -0.05) is 187 Å². The molecule has 2 unspecified atom stereocenters. The maximum Gasteiger partial charge on any atom is 0.220 e. The maximum atomic E-state index is 12.3. The van der Waals surface area contributed by atoms with Gasteiger partial charge in [-0.05, 0) is 19.3 Å². The molecule has 4 heteroatoms. The van der Waals surface area contributed by atoms with E-state index in [1.165, 1.54) is 154 Å². The van der Waals surface area contributed by atoms with Crippen molar-refractivity contribution < 1.29 is 15.0 Å². The first-order valence-electron chi connectivity index (χ1n) is 18.4. The van der Waals surface area contributed by atoms with Crippen molar-refractivity contribution in [3.63, 3.8) is 0 Å². The molecule has 0 aromatic rings. The Morgan fingerprint density at radius 2 is 0.902 bits per heavy atom. The first-order valence-corrected chi connectivity index (χ1v) is 18.4. The second-order valence-electron chi connectivity index (χ2n) is 12.7. The molecule has 3 N–H and O–H groups in total. The predicted molar refractivity (Wildman–Crippen MR) is 179 cm³/mol. The van der Waals surface area contributed by atoms with Crippen molar-refractivity contribution in [3.8, 4) is 0 Å². The van der Waals surface area contributed by atoms with Gasteiger partial charge in [0.15, 0.2) is 0 Å². The van der Waals surface area contributed by atoms with Gasteiger partial charge in [0, 0.05) is 6.42 Å². The SMILES string of the molecule is CCCCCCCCCCCCCCCCC/C=C/C(O)C(CO)NC(=O)CCCCCCCCCCCCCC. The minimum absolute atomic E-state index is 0.0639. The van der Waals surface area contributed by atoms with Crippen molar-refractivity contribution in [1.82, 2.24) is 5.32 Å². The molecule has 0 bridgehead atoms. The molecule has 0 spiro atoms. The van der Waals surface area contributed by atoms with Crippen LogP contribution in [-0.4, -0.2) is 34.9 Å². The highest BCUT2D eigenvalue weighted by Gasteiger charge is 2.17. The monoisotopic (exact) mass is 580 g/mol. The number of allylic oxidation sites excluding steroid dienone is 1. The van der Waals surface area contributed by atoms with Crippen LogP contribution in [0.1, 0.15) is 200 Å². The summed E-state index contributed by atoms with van der Waals surface area (Å²) in [5.74, 6) is -0.0639. The van der Waals surface area contributed by atoms with E-state index in [2.05, 4.69) is 19.2 Å². The van der Waals surface area contributed by atoms with Gasteiger partial charge in [-0.3, -0.25) is 4.79 Å². The number of hydrogen-bond acceptors (Lipinski definition) is 3. The summed E-state index contributed by atoms with van der Waals surface area (Å²) in [5.41, 5.74) is 0. The zero-order valence-electron chi connectivity index (χ0n) is 27.8. The molecule has 0 aliphatic carbocycles. The van der Waals surface area contributed by atoms with Crippen LogP contribution in [0.25, 0.3) is 0 Å². The topological polar surface area (TPSA) is 69.6 Å². The van der Waals surface area contributed by atoms with E-state index in [-0.39, 0.29) is 12.5 Å². The molecule has 2 atom stereocenters. The number of unbranched alkanes of at least 4 members (excludes halogenated alkanes) is 26. The Balaban J connectivity index is 3.59. The van der Waals surface area contributed by atoms with Crippen LogP contribution in [0.4, 0.5) is 0 Å². The molecule has 4 nitrogen and oxygen atoms in total. The molecule has 244 valence electrons. The maximum absolute atomic E-state index is 12.3. The number of nitrogens with one attached hydrogen (secondary N) is 1. The Labute approximate surface area is 256 Å². The van der Waals surface area contributed by atoms with Crippen LogP contribution in [0, 0.1) is 0 Å². The average molecular weight is 580 g/mol. The highest BCUT2D eigenvalue weighted by Crippen LogP contribution is 2.15. The number of amides is 1. The highest BCUT2D eigenvalue weighted by molar-refractivity contribution is 5.76. The number of rotatable bonds is 33.